The number of thiophene rings is 1. The minimum absolute atomic E-state index is 0.207. The van der Waals surface area contributed by atoms with Crippen LogP contribution < -0.4 is 5.32 Å². The summed E-state index contributed by atoms with van der Waals surface area (Å²) in [5, 5.41) is 2.98. The van der Waals surface area contributed by atoms with E-state index in [0.29, 0.717) is 18.8 Å². The van der Waals surface area contributed by atoms with E-state index in [1.807, 2.05) is 6.07 Å². The molecule has 17 heavy (non-hydrogen) atoms. The highest BCUT2D eigenvalue weighted by atomic mass is 79.9. The second-order valence-electron chi connectivity index (χ2n) is 4.10. The summed E-state index contributed by atoms with van der Waals surface area (Å²) in [7, 11) is -2.84. The van der Waals surface area contributed by atoms with Crippen molar-refractivity contribution in [3.05, 3.63) is 19.8 Å². The summed E-state index contributed by atoms with van der Waals surface area (Å²) in [4.78, 5) is 1.11. The smallest absolute Gasteiger partial charge is 0.154 e. The van der Waals surface area contributed by atoms with Crippen LogP contribution in [0.1, 0.15) is 17.7 Å². The molecule has 2 rings (SSSR count). The van der Waals surface area contributed by atoms with E-state index in [1.54, 1.807) is 0 Å². The second-order valence-corrected chi connectivity index (χ2v) is 9.09. The molecule has 0 bridgehead atoms. The molecule has 1 atom stereocenters. The van der Waals surface area contributed by atoms with Gasteiger partial charge in [-0.05, 0) is 34.8 Å². The van der Waals surface area contributed by atoms with Crippen LogP contribution in [0, 0.1) is 0 Å². The Balaban J connectivity index is 1.84. The molecule has 1 aliphatic heterocycles. The van der Waals surface area contributed by atoms with Gasteiger partial charge in [-0.25, -0.2) is 8.42 Å². The number of sulfone groups is 1. The first-order valence-corrected chi connectivity index (χ1v) is 9.05. The highest BCUT2D eigenvalue weighted by Crippen LogP contribution is 2.31. The number of hydrogen-bond donors (Lipinski definition) is 1. The first kappa shape index (κ1) is 13.8. The molecule has 0 amide bonds. The largest absolute Gasteiger partial charge is 0.311 e. The van der Waals surface area contributed by atoms with Crippen LogP contribution in [-0.4, -0.2) is 26.0 Å². The van der Waals surface area contributed by atoms with Gasteiger partial charge in [0.1, 0.15) is 4.34 Å². The number of halogens is 2. The molecule has 1 saturated heterocycles. The molecular formula is C10H13BrClNO2S2. The Morgan fingerprint density at radius 1 is 1.59 bits per heavy atom. The van der Waals surface area contributed by atoms with E-state index in [9.17, 15) is 8.42 Å². The van der Waals surface area contributed by atoms with Gasteiger partial charge in [-0.15, -0.1) is 11.3 Å². The molecular weight excluding hydrogens is 346 g/mol. The van der Waals surface area contributed by atoms with E-state index < -0.39 is 9.84 Å². The number of rotatable bonds is 4. The molecule has 0 radical (unpaired) electrons. The molecule has 7 heteroatoms. The summed E-state index contributed by atoms with van der Waals surface area (Å²) in [6, 6.07) is 1.96. The molecule has 96 valence electrons. The molecule has 3 nitrogen and oxygen atoms in total. The fraction of sp³-hybridized carbons (Fsp3) is 0.600. The van der Waals surface area contributed by atoms with Crippen LogP contribution in [-0.2, 0) is 16.4 Å². The van der Waals surface area contributed by atoms with Crippen molar-refractivity contribution in [2.24, 2.45) is 0 Å². The maximum atomic E-state index is 11.6. The first-order valence-electron chi connectivity index (χ1n) is 5.35. The predicted molar refractivity (Wildman–Crippen MR) is 75.5 cm³/mol. The predicted octanol–water partition coefficient (Wildman–Crippen LogP) is 2.83. The van der Waals surface area contributed by atoms with E-state index in [0.717, 1.165) is 26.5 Å². The number of hydrogen-bond acceptors (Lipinski definition) is 4. The van der Waals surface area contributed by atoms with Gasteiger partial charge < -0.3 is 5.32 Å². The van der Waals surface area contributed by atoms with Gasteiger partial charge in [0, 0.05) is 22.4 Å². The van der Waals surface area contributed by atoms with Crippen LogP contribution in [0.3, 0.4) is 0 Å². The Bertz CT molecular complexity index is 481. The van der Waals surface area contributed by atoms with Crippen molar-refractivity contribution in [3.63, 3.8) is 0 Å². The van der Waals surface area contributed by atoms with Crippen molar-refractivity contribution >= 4 is 48.7 Å². The second kappa shape index (κ2) is 5.57. The Morgan fingerprint density at radius 2 is 2.35 bits per heavy atom. The summed E-state index contributed by atoms with van der Waals surface area (Å²) in [5.41, 5.74) is 0. The average molecular weight is 359 g/mol. The van der Waals surface area contributed by atoms with E-state index in [1.165, 1.54) is 11.3 Å². The Labute approximate surface area is 119 Å². The van der Waals surface area contributed by atoms with E-state index in [2.05, 4.69) is 21.2 Å². The summed E-state index contributed by atoms with van der Waals surface area (Å²) in [5.74, 6) is 0.343. The summed E-state index contributed by atoms with van der Waals surface area (Å²) < 4.78 is 24.8. The fourth-order valence-corrected chi connectivity index (χ4v) is 5.48. The molecule has 0 spiro atoms. The SMILES string of the molecule is O=S1(=O)CCCC1CNCc1cc(Br)c(Cl)s1. The quantitative estimate of drug-likeness (QED) is 0.900. The van der Waals surface area contributed by atoms with E-state index in [-0.39, 0.29) is 5.25 Å². The van der Waals surface area contributed by atoms with Crippen molar-refractivity contribution in [2.75, 3.05) is 12.3 Å². The van der Waals surface area contributed by atoms with Crippen molar-refractivity contribution in [1.29, 1.82) is 0 Å². The Morgan fingerprint density at radius 3 is 2.88 bits per heavy atom. The zero-order valence-corrected chi connectivity index (χ0v) is 13.1. The Hall–Kier alpha value is 0.380. The highest BCUT2D eigenvalue weighted by molar-refractivity contribution is 9.10. The molecule has 1 aromatic heterocycles. The lowest BCUT2D eigenvalue weighted by Crippen LogP contribution is -2.29. The highest BCUT2D eigenvalue weighted by Gasteiger charge is 2.30. The van der Waals surface area contributed by atoms with Gasteiger partial charge in [-0.2, -0.15) is 0 Å². The van der Waals surface area contributed by atoms with E-state index >= 15 is 0 Å². The summed E-state index contributed by atoms with van der Waals surface area (Å²) in [6.45, 7) is 1.21. The van der Waals surface area contributed by atoms with Gasteiger partial charge in [0.2, 0.25) is 0 Å². The van der Waals surface area contributed by atoms with Crippen LogP contribution >= 0.6 is 38.9 Å². The molecule has 1 unspecified atom stereocenters. The van der Waals surface area contributed by atoms with Crippen molar-refractivity contribution < 1.29 is 8.42 Å². The van der Waals surface area contributed by atoms with Gasteiger partial charge >= 0.3 is 0 Å². The molecule has 0 aromatic carbocycles. The van der Waals surface area contributed by atoms with Crippen LogP contribution in [0.4, 0.5) is 0 Å². The molecule has 1 fully saturated rings. The minimum atomic E-state index is -2.84. The molecule has 2 heterocycles. The monoisotopic (exact) mass is 357 g/mol. The van der Waals surface area contributed by atoms with Crippen molar-refractivity contribution in [2.45, 2.75) is 24.6 Å². The standard InChI is InChI=1S/C10H13BrClNO2S2/c11-9-4-7(16-10(9)12)5-13-6-8-2-1-3-17(8,14)15/h4,8,13H,1-3,5-6H2. The van der Waals surface area contributed by atoms with E-state index in [4.69, 9.17) is 11.6 Å². The number of nitrogens with one attached hydrogen (secondary N) is 1. The molecule has 1 aromatic rings. The molecule has 0 saturated carbocycles. The van der Waals surface area contributed by atoms with Crippen LogP contribution in [0.5, 0.6) is 0 Å². The normalized spacial score (nSPS) is 23.1. The Kier molecular flexibility index (Phi) is 4.52. The fourth-order valence-electron chi connectivity index (χ4n) is 1.92. The van der Waals surface area contributed by atoms with Gasteiger partial charge in [-0.3, -0.25) is 0 Å². The lowest BCUT2D eigenvalue weighted by molar-refractivity contribution is 0.575. The average Bonchev–Trinajstić information content (AvgIpc) is 2.72. The molecule has 0 aliphatic carbocycles. The van der Waals surface area contributed by atoms with Crippen LogP contribution in [0.2, 0.25) is 4.34 Å². The molecule has 1 aliphatic rings. The maximum Gasteiger partial charge on any atom is 0.154 e. The lowest BCUT2D eigenvalue weighted by Gasteiger charge is -2.09. The maximum absolute atomic E-state index is 11.6. The summed E-state index contributed by atoms with van der Waals surface area (Å²) >= 11 is 10.8. The zero-order chi connectivity index (χ0) is 12.5. The third-order valence-corrected chi connectivity index (χ3v) is 7.58. The van der Waals surface area contributed by atoms with Crippen LogP contribution in [0.25, 0.3) is 0 Å². The first-order chi connectivity index (χ1) is 7.99. The van der Waals surface area contributed by atoms with Gasteiger partial charge in [0.05, 0.1) is 11.0 Å². The van der Waals surface area contributed by atoms with Gasteiger partial charge in [0.15, 0.2) is 9.84 Å². The van der Waals surface area contributed by atoms with Crippen molar-refractivity contribution in [3.8, 4) is 0 Å². The lowest BCUT2D eigenvalue weighted by atomic mass is 10.2. The minimum Gasteiger partial charge on any atom is -0.311 e. The third kappa shape index (κ3) is 3.44. The zero-order valence-electron chi connectivity index (χ0n) is 9.08. The third-order valence-electron chi connectivity index (χ3n) is 2.83. The van der Waals surface area contributed by atoms with Gasteiger partial charge in [-0.1, -0.05) is 11.6 Å². The topological polar surface area (TPSA) is 46.2 Å². The summed E-state index contributed by atoms with van der Waals surface area (Å²) in [6.07, 6.45) is 1.58. The van der Waals surface area contributed by atoms with Gasteiger partial charge in [0.25, 0.3) is 0 Å². The van der Waals surface area contributed by atoms with Crippen LogP contribution in [0.15, 0.2) is 10.5 Å². The molecule has 1 N–H and O–H groups in total. The van der Waals surface area contributed by atoms with Crippen molar-refractivity contribution in [1.82, 2.24) is 5.32 Å².